The number of nitrogens with one attached hydrogen (secondary N) is 1. The Hall–Kier alpha value is -1.30. The lowest BCUT2D eigenvalue weighted by Gasteiger charge is -2.31. The monoisotopic (exact) mass is 284 g/mol. The number of likely N-dealkylation sites (tertiary alicyclic amines) is 1. The molecule has 2 saturated heterocycles. The summed E-state index contributed by atoms with van der Waals surface area (Å²) in [7, 11) is 0. The van der Waals surface area contributed by atoms with E-state index in [1.54, 1.807) is 4.90 Å². The molecule has 2 amide bonds. The molecule has 0 radical (unpaired) electrons. The third kappa shape index (κ3) is 4.67. The lowest BCUT2D eigenvalue weighted by molar-refractivity contribution is -0.138. The molecule has 0 saturated carbocycles. The number of carboxylic acids is 1. The topological polar surface area (TPSA) is 78.9 Å². The van der Waals surface area contributed by atoms with Gasteiger partial charge in [-0.15, -0.1) is 0 Å². The molecule has 114 valence electrons. The number of hydrogen-bond donors (Lipinski definition) is 2. The van der Waals surface area contributed by atoms with E-state index in [2.05, 4.69) is 5.32 Å². The molecule has 2 fully saturated rings. The van der Waals surface area contributed by atoms with E-state index in [9.17, 15) is 9.59 Å². The minimum atomic E-state index is -0.746. The van der Waals surface area contributed by atoms with Crippen molar-refractivity contribution in [1.82, 2.24) is 10.2 Å². The van der Waals surface area contributed by atoms with Gasteiger partial charge in [0, 0.05) is 32.7 Å². The first kappa shape index (κ1) is 15.1. The Morgan fingerprint density at radius 3 is 2.60 bits per heavy atom. The minimum Gasteiger partial charge on any atom is -0.481 e. The molecule has 1 unspecified atom stereocenters. The molecule has 0 aliphatic carbocycles. The Balaban J connectivity index is 1.60. The van der Waals surface area contributed by atoms with Crippen molar-refractivity contribution in [3.8, 4) is 0 Å². The average molecular weight is 284 g/mol. The number of carboxylic acid groups (broad SMARTS) is 1. The van der Waals surface area contributed by atoms with Gasteiger partial charge in [0.05, 0.1) is 6.10 Å². The van der Waals surface area contributed by atoms with Crippen LogP contribution in [0.2, 0.25) is 0 Å². The highest BCUT2D eigenvalue weighted by Gasteiger charge is 2.24. The fraction of sp³-hybridized carbons (Fsp3) is 0.857. The van der Waals surface area contributed by atoms with Crippen LogP contribution in [0.4, 0.5) is 4.79 Å². The number of nitrogens with zero attached hydrogens (tertiary/aromatic N) is 1. The number of piperidine rings is 1. The lowest BCUT2D eigenvalue weighted by Crippen LogP contribution is -2.45. The van der Waals surface area contributed by atoms with Crippen LogP contribution in [0.1, 0.15) is 38.5 Å². The van der Waals surface area contributed by atoms with E-state index in [0.29, 0.717) is 25.7 Å². The first-order chi connectivity index (χ1) is 9.65. The van der Waals surface area contributed by atoms with E-state index in [1.807, 2.05) is 0 Å². The fourth-order valence-electron chi connectivity index (χ4n) is 2.91. The van der Waals surface area contributed by atoms with Gasteiger partial charge in [-0.3, -0.25) is 4.79 Å². The third-order valence-electron chi connectivity index (χ3n) is 4.13. The van der Waals surface area contributed by atoms with E-state index in [0.717, 1.165) is 38.7 Å². The molecule has 20 heavy (non-hydrogen) atoms. The smallest absolute Gasteiger partial charge is 0.317 e. The highest BCUT2D eigenvalue weighted by atomic mass is 16.5. The second-order valence-corrected chi connectivity index (χ2v) is 5.68. The normalized spacial score (nSPS) is 23.8. The summed E-state index contributed by atoms with van der Waals surface area (Å²) in [5.41, 5.74) is 0. The van der Waals surface area contributed by atoms with Crippen molar-refractivity contribution in [2.24, 2.45) is 5.92 Å². The first-order valence-corrected chi connectivity index (χ1v) is 7.51. The molecule has 0 aromatic rings. The predicted octanol–water partition coefficient (Wildman–Crippen LogP) is 1.45. The number of carbonyl (C=O) groups excluding carboxylic acids is 1. The summed E-state index contributed by atoms with van der Waals surface area (Å²) in [4.78, 5) is 24.4. The van der Waals surface area contributed by atoms with E-state index in [4.69, 9.17) is 9.84 Å². The molecular weight excluding hydrogens is 260 g/mol. The summed E-state index contributed by atoms with van der Waals surface area (Å²) in [5.74, 6) is -0.534. The molecule has 2 N–H and O–H groups in total. The number of hydrogen-bond acceptors (Lipinski definition) is 3. The largest absolute Gasteiger partial charge is 0.481 e. The summed E-state index contributed by atoms with van der Waals surface area (Å²) < 4.78 is 5.51. The number of ether oxygens (including phenoxy) is 1. The molecule has 2 rings (SSSR count). The number of rotatable bonds is 5. The minimum absolute atomic E-state index is 0.0308. The van der Waals surface area contributed by atoms with Crippen molar-refractivity contribution in [1.29, 1.82) is 0 Å². The number of aliphatic carboxylic acids is 1. The Morgan fingerprint density at radius 1 is 1.25 bits per heavy atom. The maximum absolute atomic E-state index is 12.0. The molecule has 6 nitrogen and oxygen atoms in total. The van der Waals surface area contributed by atoms with Gasteiger partial charge in [0.1, 0.15) is 0 Å². The molecule has 0 aromatic carbocycles. The van der Waals surface area contributed by atoms with Gasteiger partial charge >= 0.3 is 12.0 Å². The van der Waals surface area contributed by atoms with Gasteiger partial charge in [-0.1, -0.05) is 0 Å². The predicted molar refractivity (Wildman–Crippen MR) is 73.5 cm³/mol. The van der Waals surface area contributed by atoms with Crippen molar-refractivity contribution in [3.05, 3.63) is 0 Å². The Bertz CT molecular complexity index is 334. The molecule has 6 heteroatoms. The van der Waals surface area contributed by atoms with Crippen LogP contribution in [0.25, 0.3) is 0 Å². The van der Waals surface area contributed by atoms with Crippen LogP contribution in [0.5, 0.6) is 0 Å². The highest BCUT2D eigenvalue weighted by molar-refractivity contribution is 5.74. The van der Waals surface area contributed by atoms with E-state index in [-0.39, 0.29) is 18.4 Å². The zero-order valence-corrected chi connectivity index (χ0v) is 11.8. The van der Waals surface area contributed by atoms with Crippen molar-refractivity contribution in [2.45, 2.75) is 44.6 Å². The van der Waals surface area contributed by atoms with Crippen molar-refractivity contribution >= 4 is 12.0 Å². The number of carbonyl (C=O) groups is 2. The maximum Gasteiger partial charge on any atom is 0.317 e. The number of amides is 2. The molecule has 1 atom stereocenters. The van der Waals surface area contributed by atoms with Crippen LogP contribution >= 0.6 is 0 Å². The van der Waals surface area contributed by atoms with Crippen LogP contribution < -0.4 is 5.32 Å². The van der Waals surface area contributed by atoms with Crippen LogP contribution in [0.3, 0.4) is 0 Å². The molecule has 2 aliphatic heterocycles. The van der Waals surface area contributed by atoms with Crippen LogP contribution in [0.15, 0.2) is 0 Å². The third-order valence-corrected chi connectivity index (χ3v) is 4.13. The van der Waals surface area contributed by atoms with Crippen molar-refractivity contribution in [2.75, 3.05) is 26.2 Å². The van der Waals surface area contributed by atoms with Crippen LogP contribution in [0, 0.1) is 5.92 Å². The van der Waals surface area contributed by atoms with Gasteiger partial charge in [0.15, 0.2) is 0 Å². The highest BCUT2D eigenvalue weighted by Crippen LogP contribution is 2.20. The van der Waals surface area contributed by atoms with Crippen molar-refractivity contribution < 1.29 is 19.4 Å². The van der Waals surface area contributed by atoms with E-state index < -0.39 is 5.97 Å². The number of urea groups is 1. The standard InChI is InChI=1S/C14H24N2O4/c17-13(18)10-11-4-7-16(8-5-11)14(19)15-6-3-12-2-1-9-20-12/h11-12H,1-10H2,(H,15,19)(H,17,18). The summed E-state index contributed by atoms with van der Waals surface area (Å²) in [6.07, 6.45) is 5.18. The Labute approximate surface area is 119 Å². The Kier molecular flexibility index (Phi) is 5.64. The second-order valence-electron chi connectivity index (χ2n) is 5.68. The van der Waals surface area contributed by atoms with Crippen LogP contribution in [-0.2, 0) is 9.53 Å². The quantitative estimate of drug-likeness (QED) is 0.801. The van der Waals surface area contributed by atoms with Gasteiger partial charge in [0.25, 0.3) is 0 Å². The Morgan fingerprint density at radius 2 is 2.00 bits per heavy atom. The molecule has 0 spiro atoms. The van der Waals surface area contributed by atoms with Gasteiger partial charge < -0.3 is 20.1 Å². The van der Waals surface area contributed by atoms with Crippen LogP contribution in [-0.4, -0.2) is 54.4 Å². The maximum atomic E-state index is 12.0. The average Bonchev–Trinajstić information content (AvgIpc) is 2.92. The molecule has 2 aliphatic rings. The first-order valence-electron chi connectivity index (χ1n) is 7.51. The molecular formula is C14H24N2O4. The molecule has 0 bridgehead atoms. The van der Waals surface area contributed by atoms with Gasteiger partial charge in [-0.05, 0) is 38.0 Å². The summed E-state index contributed by atoms with van der Waals surface area (Å²) >= 11 is 0. The lowest BCUT2D eigenvalue weighted by atomic mass is 9.94. The van der Waals surface area contributed by atoms with Crippen molar-refractivity contribution in [3.63, 3.8) is 0 Å². The van der Waals surface area contributed by atoms with Gasteiger partial charge in [-0.25, -0.2) is 4.79 Å². The molecule has 0 aromatic heterocycles. The van der Waals surface area contributed by atoms with E-state index >= 15 is 0 Å². The summed E-state index contributed by atoms with van der Waals surface area (Å²) in [6.45, 7) is 2.81. The summed E-state index contributed by atoms with van der Waals surface area (Å²) in [5, 5.41) is 11.7. The second kappa shape index (κ2) is 7.47. The zero-order valence-electron chi connectivity index (χ0n) is 11.8. The summed E-state index contributed by atoms with van der Waals surface area (Å²) in [6, 6.07) is -0.0308. The zero-order chi connectivity index (χ0) is 14.4. The van der Waals surface area contributed by atoms with E-state index in [1.165, 1.54) is 0 Å². The fourth-order valence-corrected chi connectivity index (χ4v) is 2.91. The van der Waals surface area contributed by atoms with Gasteiger partial charge in [0.2, 0.25) is 0 Å². The molecule has 2 heterocycles. The SMILES string of the molecule is O=C(O)CC1CCN(C(=O)NCCC2CCCO2)CC1. The van der Waals surface area contributed by atoms with Gasteiger partial charge in [-0.2, -0.15) is 0 Å².